The molecule has 0 amide bonds. The van der Waals surface area contributed by atoms with E-state index in [1.54, 1.807) is 0 Å². The SMILES string of the molecule is c1ccc(COCCOCCOCCOCCOCCO[C@H]2CCCCO2)cc1. The third-order valence-electron chi connectivity index (χ3n) is 4.27. The second-order valence-electron chi connectivity index (χ2n) is 6.65. The largest absolute Gasteiger partial charge is 0.377 e. The summed E-state index contributed by atoms with van der Waals surface area (Å²) in [5.41, 5.74) is 1.17. The molecule has 7 heteroatoms. The van der Waals surface area contributed by atoms with Crippen LogP contribution in [0, 0.1) is 0 Å². The smallest absolute Gasteiger partial charge is 0.157 e. The monoisotopic (exact) mass is 412 g/mol. The molecule has 0 spiro atoms. The molecular formula is C22H36O7. The molecule has 1 aliphatic heterocycles. The van der Waals surface area contributed by atoms with Gasteiger partial charge < -0.3 is 33.2 Å². The fourth-order valence-electron chi connectivity index (χ4n) is 2.73. The van der Waals surface area contributed by atoms with Gasteiger partial charge >= 0.3 is 0 Å². The fraction of sp³-hybridized carbons (Fsp3) is 0.727. The minimum atomic E-state index is -0.0495. The molecule has 1 aliphatic rings. The van der Waals surface area contributed by atoms with Gasteiger partial charge in [0.05, 0.1) is 72.7 Å². The minimum absolute atomic E-state index is 0.0495. The Hall–Kier alpha value is -1.06. The van der Waals surface area contributed by atoms with E-state index < -0.39 is 0 Å². The summed E-state index contributed by atoms with van der Waals surface area (Å²) >= 11 is 0. The standard InChI is InChI=1S/C22H36O7/c1-2-6-21(7-3-1)20-27-17-16-25-13-12-23-10-11-24-14-15-26-18-19-29-22-8-4-5-9-28-22/h1-3,6-7,22H,4-5,8-20H2/t22-/m0/s1. The lowest BCUT2D eigenvalue weighted by Gasteiger charge is -2.22. The van der Waals surface area contributed by atoms with Crippen molar-refractivity contribution < 1.29 is 33.2 Å². The summed E-state index contributed by atoms with van der Waals surface area (Å²) in [4.78, 5) is 0. The molecule has 1 fully saturated rings. The number of hydrogen-bond acceptors (Lipinski definition) is 7. The van der Waals surface area contributed by atoms with Crippen LogP contribution in [0.5, 0.6) is 0 Å². The fourth-order valence-corrected chi connectivity index (χ4v) is 2.73. The lowest BCUT2D eigenvalue weighted by atomic mass is 10.2. The van der Waals surface area contributed by atoms with Gasteiger partial charge in [-0.1, -0.05) is 30.3 Å². The zero-order chi connectivity index (χ0) is 20.2. The summed E-state index contributed by atoms with van der Waals surface area (Å²) in [7, 11) is 0. The molecule has 1 saturated heterocycles. The van der Waals surface area contributed by atoms with Crippen LogP contribution in [0.4, 0.5) is 0 Å². The molecule has 1 atom stereocenters. The van der Waals surface area contributed by atoms with Crippen molar-refractivity contribution in [3.8, 4) is 0 Å². The summed E-state index contributed by atoms with van der Waals surface area (Å²) in [6.45, 7) is 7.02. The normalized spacial score (nSPS) is 16.9. The highest BCUT2D eigenvalue weighted by atomic mass is 16.7. The predicted molar refractivity (Wildman–Crippen MR) is 109 cm³/mol. The molecule has 0 unspecified atom stereocenters. The van der Waals surface area contributed by atoms with Crippen molar-refractivity contribution in [1.29, 1.82) is 0 Å². The Balaban J connectivity index is 1.21. The molecule has 0 N–H and O–H groups in total. The summed E-state index contributed by atoms with van der Waals surface area (Å²) in [5, 5.41) is 0. The van der Waals surface area contributed by atoms with E-state index in [2.05, 4.69) is 0 Å². The van der Waals surface area contributed by atoms with Gasteiger partial charge in [0.2, 0.25) is 0 Å². The van der Waals surface area contributed by atoms with Crippen molar-refractivity contribution in [3.63, 3.8) is 0 Å². The summed E-state index contributed by atoms with van der Waals surface area (Å²) in [6.07, 6.45) is 3.24. The zero-order valence-corrected chi connectivity index (χ0v) is 17.4. The highest BCUT2D eigenvalue weighted by Crippen LogP contribution is 2.13. The third kappa shape index (κ3) is 13.7. The topological polar surface area (TPSA) is 64.6 Å². The number of ether oxygens (including phenoxy) is 7. The van der Waals surface area contributed by atoms with Crippen molar-refractivity contribution in [2.24, 2.45) is 0 Å². The molecule has 7 nitrogen and oxygen atoms in total. The van der Waals surface area contributed by atoms with Crippen LogP contribution in [0.1, 0.15) is 24.8 Å². The predicted octanol–water partition coefficient (Wildman–Crippen LogP) is 2.81. The van der Waals surface area contributed by atoms with Gasteiger partial charge in [0.25, 0.3) is 0 Å². The van der Waals surface area contributed by atoms with Crippen molar-refractivity contribution in [2.45, 2.75) is 32.2 Å². The van der Waals surface area contributed by atoms with Gasteiger partial charge in [-0.15, -0.1) is 0 Å². The number of hydrogen-bond donors (Lipinski definition) is 0. The van der Waals surface area contributed by atoms with Gasteiger partial charge in [-0.2, -0.15) is 0 Å². The van der Waals surface area contributed by atoms with Crippen LogP contribution in [0.2, 0.25) is 0 Å². The van der Waals surface area contributed by atoms with E-state index in [1.165, 1.54) is 12.0 Å². The number of rotatable bonds is 18. The lowest BCUT2D eigenvalue weighted by molar-refractivity contribution is -0.169. The van der Waals surface area contributed by atoms with Gasteiger partial charge in [-0.05, 0) is 24.8 Å². The summed E-state index contributed by atoms with van der Waals surface area (Å²) in [6, 6.07) is 10.1. The van der Waals surface area contributed by atoms with E-state index in [4.69, 9.17) is 33.2 Å². The van der Waals surface area contributed by atoms with Crippen LogP contribution in [0.15, 0.2) is 30.3 Å². The summed E-state index contributed by atoms with van der Waals surface area (Å²) in [5.74, 6) is 0. The minimum Gasteiger partial charge on any atom is -0.377 e. The van der Waals surface area contributed by atoms with E-state index >= 15 is 0 Å². The van der Waals surface area contributed by atoms with Crippen molar-refractivity contribution in [2.75, 3.05) is 72.7 Å². The molecule has 166 valence electrons. The average Bonchev–Trinajstić information content (AvgIpc) is 2.77. The van der Waals surface area contributed by atoms with Gasteiger partial charge in [0.1, 0.15) is 0 Å². The maximum Gasteiger partial charge on any atom is 0.157 e. The molecule has 0 bridgehead atoms. The molecule has 2 rings (SSSR count). The lowest BCUT2D eigenvalue weighted by Crippen LogP contribution is -2.24. The molecule has 1 aromatic rings. The molecular weight excluding hydrogens is 376 g/mol. The van der Waals surface area contributed by atoms with Crippen LogP contribution in [0.25, 0.3) is 0 Å². The Morgan fingerprint density at radius 1 is 0.655 bits per heavy atom. The molecule has 0 saturated carbocycles. The van der Waals surface area contributed by atoms with Crippen LogP contribution in [0.3, 0.4) is 0 Å². The maximum absolute atomic E-state index is 5.59. The first-order chi connectivity index (χ1) is 14.4. The Labute approximate surface area is 174 Å². The average molecular weight is 413 g/mol. The molecule has 0 aromatic heterocycles. The van der Waals surface area contributed by atoms with E-state index in [0.29, 0.717) is 72.7 Å². The molecule has 29 heavy (non-hydrogen) atoms. The van der Waals surface area contributed by atoms with Gasteiger partial charge in [-0.25, -0.2) is 0 Å². The van der Waals surface area contributed by atoms with Crippen LogP contribution < -0.4 is 0 Å². The Morgan fingerprint density at radius 3 is 1.76 bits per heavy atom. The van der Waals surface area contributed by atoms with Crippen molar-refractivity contribution in [1.82, 2.24) is 0 Å². The third-order valence-corrected chi connectivity index (χ3v) is 4.27. The first kappa shape index (κ1) is 24.2. The Bertz CT molecular complexity index is 465. The van der Waals surface area contributed by atoms with Crippen molar-refractivity contribution in [3.05, 3.63) is 35.9 Å². The first-order valence-corrected chi connectivity index (χ1v) is 10.6. The number of benzene rings is 1. The maximum atomic E-state index is 5.59. The first-order valence-electron chi connectivity index (χ1n) is 10.6. The Morgan fingerprint density at radius 2 is 1.21 bits per heavy atom. The van der Waals surface area contributed by atoms with E-state index in [9.17, 15) is 0 Å². The summed E-state index contributed by atoms with van der Waals surface area (Å²) < 4.78 is 38.5. The van der Waals surface area contributed by atoms with E-state index in [-0.39, 0.29) is 6.29 Å². The molecule has 0 radical (unpaired) electrons. The highest BCUT2D eigenvalue weighted by Gasteiger charge is 2.13. The van der Waals surface area contributed by atoms with Crippen LogP contribution in [-0.4, -0.2) is 79.0 Å². The molecule has 1 heterocycles. The Kier molecular flexibility index (Phi) is 14.8. The van der Waals surface area contributed by atoms with Gasteiger partial charge in [-0.3, -0.25) is 0 Å². The second-order valence-corrected chi connectivity index (χ2v) is 6.65. The second kappa shape index (κ2) is 17.8. The van der Waals surface area contributed by atoms with Crippen LogP contribution in [-0.2, 0) is 39.8 Å². The van der Waals surface area contributed by atoms with Gasteiger partial charge in [0.15, 0.2) is 6.29 Å². The van der Waals surface area contributed by atoms with E-state index in [0.717, 1.165) is 19.4 Å². The van der Waals surface area contributed by atoms with Crippen LogP contribution >= 0.6 is 0 Å². The molecule has 1 aromatic carbocycles. The van der Waals surface area contributed by atoms with Gasteiger partial charge in [0, 0.05) is 6.61 Å². The highest BCUT2D eigenvalue weighted by molar-refractivity contribution is 5.13. The molecule has 0 aliphatic carbocycles. The quantitative estimate of drug-likeness (QED) is 0.344. The van der Waals surface area contributed by atoms with E-state index in [1.807, 2.05) is 30.3 Å². The zero-order valence-electron chi connectivity index (χ0n) is 17.4. The van der Waals surface area contributed by atoms with Crippen molar-refractivity contribution >= 4 is 0 Å².